The minimum absolute atomic E-state index is 0.0602. The summed E-state index contributed by atoms with van der Waals surface area (Å²) in [4.78, 5) is 9.43. The van der Waals surface area contributed by atoms with E-state index >= 15 is 0 Å². The Bertz CT molecular complexity index is 500. The van der Waals surface area contributed by atoms with Gasteiger partial charge in [0.05, 0.1) is 9.95 Å². The molecule has 1 rings (SSSR count). The first-order valence-corrected chi connectivity index (χ1v) is 5.62. The molecule has 6 nitrogen and oxygen atoms in total. The summed E-state index contributed by atoms with van der Waals surface area (Å²) in [6.45, 7) is 0. The van der Waals surface area contributed by atoms with Crippen molar-refractivity contribution in [2.75, 3.05) is 7.05 Å². The molecule has 15 heavy (non-hydrogen) atoms. The van der Waals surface area contributed by atoms with E-state index in [1.165, 1.54) is 13.1 Å². The van der Waals surface area contributed by atoms with Crippen LogP contribution in [0.15, 0.2) is 23.1 Å². The van der Waals surface area contributed by atoms with Crippen LogP contribution in [0, 0.1) is 10.1 Å². The van der Waals surface area contributed by atoms with E-state index in [1.807, 2.05) is 4.72 Å². The lowest BCUT2D eigenvalue weighted by Gasteiger charge is -2.03. The quantitative estimate of drug-likeness (QED) is 0.644. The second-order valence-electron chi connectivity index (χ2n) is 2.58. The van der Waals surface area contributed by atoms with Crippen LogP contribution >= 0.6 is 11.6 Å². The number of halogens is 1. The zero-order valence-electron chi connectivity index (χ0n) is 7.60. The van der Waals surface area contributed by atoms with Crippen LogP contribution < -0.4 is 4.72 Å². The van der Waals surface area contributed by atoms with Gasteiger partial charge in [-0.05, 0) is 13.1 Å². The second-order valence-corrected chi connectivity index (χ2v) is 4.84. The maximum absolute atomic E-state index is 11.4. The number of non-ortho nitro benzene ring substituents is 1. The molecule has 0 spiro atoms. The van der Waals surface area contributed by atoms with Gasteiger partial charge in [0, 0.05) is 12.1 Å². The van der Waals surface area contributed by atoms with Crippen LogP contribution in [0.5, 0.6) is 0 Å². The molecule has 0 atom stereocenters. The first-order chi connectivity index (χ1) is 6.88. The zero-order chi connectivity index (χ0) is 11.6. The van der Waals surface area contributed by atoms with Crippen molar-refractivity contribution in [1.82, 2.24) is 4.72 Å². The van der Waals surface area contributed by atoms with Gasteiger partial charge in [-0.3, -0.25) is 10.1 Å². The molecule has 1 aromatic rings. The van der Waals surface area contributed by atoms with Gasteiger partial charge in [0.1, 0.15) is 4.90 Å². The first-order valence-electron chi connectivity index (χ1n) is 3.76. The smallest absolute Gasteiger partial charge is 0.258 e. The summed E-state index contributed by atoms with van der Waals surface area (Å²) >= 11 is 5.62. The highest BCUT2D eigenvalue weighted by Gasteiger charge is 2.19. The van der Waals surface area contributed by atoms with Crippen molar-refractivity contribution in [3.8, 4) is 0 Å². The molecule has 0 fully saturated rings. The summed E-state index contributed by atoms with van der Waals surface area (Å²) in [6.07, 6.45) is 0. The maximum atomic E-state index is 11.4. The third-order valence-electron chi connectivity index (χ3n) is 1.68. The molecule has 1 aromatic carbocycles. The van der Waals surface area contributed by atoms with Gasteiger partial charge in [0.25, 0.3) is 5.69 Å². The molecule has 82 valence electrons. The third-order valence-corrected chi connectivity index (χ3v) is 3.58. The number of rotatable bonds is 3. The van der Waals surface area contributed by atoms with Gasteiger partial charge in [-0.2, -0.15) is 0 Å². The minimum Gasteiger partial charge on any atom is -0.258 e. The Morgan fingerprint density at radius 2 is 2.07 bits per heavy atom. The molecule has 0 aromatic heterocycles. The molecule has 1 N–H and O–H groups in total. The number of nitrogens with zero attached hydrogens (tertiary/aromatic N) is 1. The lowest BCUT2D eigenvalue weighted by atomic mass is 10.3. The molecule has 0 saturated heterocycles. The molecule has 8 heteroatoms. The second kappa shape index (κ2) is 4.13. The fraction of sp³-hybridized carbons (Fsp3) is 0.143. The van der Waals surface area contributed by atoms with Crippen molar-refractivity contribution in [3.63, 3.8) is 0 Å². The average Bonchev–Trinajstić information content (AvgIpc) is 2.17. The van der Waals surface area contributed by atoms with Crippen molar-refractivity contribution < 1.29 is 13.3 Å². The molecule has 0 aliphatic carbocycles. The Hall–Kier alpha value is -1.18. The predicted molar refractivity (Wildman–Crippen MR) is 54.4 cm³/mol. The van der Waals surface area contributed by atoms with E-state index in [4.69, 9.17) is 11.6 Å². The maximum Gasteiger partial charge on any atom is 0.270 e. The summed E-state index contributed by atoms with van der Waals surface area (Å²) < 4.78 is 24.8. The Balaban J connectivity index is 3.42. The zero-order valence-corrected chi connectivity index (χ0v) is 9.17. The number of hydrogen-bond donors (Lipinski definition) is 1. The summed E-state index contributed by atoms with van der Waals surface area (Å²) in [5.74, 6) is 0. The molecule has 0 bridgehead atoms. The van der Waals surface area contributed by atoms with Crippen molar-refractivity contribution >= 4 is 27.3 Å². The monoisotopic (exact) mass is 250 g/mol. The molecule has 0 amide bonds. The number of nitro benzene ring substituents is 1. The van der Waals surface area contributed by atoms with Crippen molar-refractivity contribution in [2.24, 2.45) is 0 Å². The van der Waals surface area contributed by atoms with Crippen molar-refractivity contribution in [2.45, 2.75) is 4.90 Å². The fourth-order valence-electron chi connectivity index (χ4n) is 0.922. The van der Waals surface area contributed by atoms with Gasteiger partial charge in [0.2, 0.25) is 10.0 Å². The van der Waals surface area contributed by atoms with Crippen LogP contribution in [0.1, 0.15) is 0 Å². The molecule has 0 aliphatic rings. The van der Waals surface area contributed by atoms with Crippen molar-refractivity contribution in [3.05, 3.63) is 33.3 Å². The summed E-state index contributed by atoms with van der Waals surface area (Å²) in [5, 5.41) is 10.4. The van der Waals surface area contributed by atoms with Gasteiger partial charge in [-0.25, -0.2) is 13.1 Å². The van der Waals surface area contributed by atoms with Crippen LogP contribution in [0.2, 0.25) is 5.02 Å². The summed E-state index contributed by atoms with van der Waals surface area (Å²) in [7, 11) is -2.57. The molecule has 0 saturated carbocycles. The Morgan fingerprint density at radius 3 is 2.53 bits per heavy atom. The standard InChI is InChI=1S/C7H7ClN2O4S/c1-9-15(13,14)7-4-5(10(11)12)2-3-6(7)8/h2-4,9H,1H3. The van der Waals surface area contributed by atoms with Crippen LogP contribution in [0.4, 0.5) is 5.69 Å². The minimum atomic E-state index is -3.77. The van der Waals surface area contributed by atoms with Crippen LogP contribution in [-0.4, -0.2) is 20.4 Å². The van der Waals surface area contributed by atoms with Gasteiger partial charge in [-0.15, -0.1) is 0 Å². The number of hydrogen-bond acceptors (Lipinski definition) is 4. The summed E-state index contributed by atoms with van der Waals surface area (Å²) in [6, 6.07) is 3.22. The van der Waals surface area contributed by atoms with Gasteiger partial charge in [0.15, 0.2) is 0 Å². The largest absolute Gasteiger partial charge is 0.270 e. The number of nitrogens with one attached hydrogen (secondary N) is 1. The number of benzene rings is 1. The van der Waals surface area contributed by atoms with Crippen LogP contribution in [0.3, 0.4) is 0 Å². The highest BCUT2D eigenvalue weighted by Crippen LogP contribution is 2.25. The molecule has 0 radical (unpaired) electrons. The SMILES string of the molecule is CNS(=O)(=O)c1cc([N+](=O)[O-])ccc1Cl. The van der Waals surface area contributed by atoms with E-state index in [0.29, 0.717) is 0 Å². The molecule has 0 heterocycles. The Labute approximate surface area is 91.1 Å². The lowest BCUT2D eigenvalue weighted by Crippen LogP contribution is -2.19. The lowest BCUT2D eigenvalue weighted by molar-refractivity contribution is -0.385. The average molecular weight is 251 g/mol. The highest BCUT2D eigenvalue weighted by molar-refractivity contribution is 7.89. The predicted octanol–water partition coefficient (Wildman–Crippen LogP) is 1.16. The Morgan fingerprint density at radius 1 is 1.47 bits per heavy atom. The molecular weight excluding hydrogens is 244 g/mol. The van der Waals surface area contributed by atoms with E-state index < -0.39 is 14.9 Å². The summed E-state index contributed by atoms with van der Waals surface area (Å²) in [5.41, 5.74) is -0.326. The topological polar surface area (TPSA) is 89.3 Å². The number of sulfonamides is 1. The molecule has 0 unspecified atom stereocenters. The van der Waals surface area contributed by atoms with Crippen LogP contribution in [0.25, 0.3) is 0 Å². The fourth-order valence-corrected chi connectivity index (χ4v) is 2.16. The van der Waals surface area contributed by atoms with Gasteiger partial charge in [-0.1, -0.05) is 11.6 Å². The van der Waals surface area contributed by atoms with E-state index in [0.717, 1.165) is 12.1 Å². The first kappa shape index (κ1) is 11.9. The number of nitro groups is 1. The van der Waals surface area contributed by atoms with Gasteiger partial charge < -0.3 is 0 Å². The highest BCUT2D eigenvalue weighted by atomic mass is 35.5. The van der Waals surface area contributed by atoms with Gasteiger partial charge >= 0.3 is 0 Å². The van der Waals surface area contributed by atoms with E-state index in [1.54, 1.807) is 0 Å². The van der Waals surface area contributed by atoms with E-state index in [2.05, 4.69) is 0 Å². The van der Waals surface area contributed by atoms with E-state index in [9.17, 15) is 18.5 Å². The molecule has 0 aliphatic heterocycles. The normalized spacial score (nSPS) is 11.3. The van der Waals surface area contributed by atoms with E-state index in [-0.39, 0.29) is 15.6 Å². The van der Waals surface area contributed by atoms with Crippen molar-refractivity contribution in [1.29, 1.82) is 0 Å². The third kappa shape index (κ3) is 2.44. The van der Waals surface area contributed by atoms with Crippen LogP contribution in [-0.2, 0) is 10.0 Å². The molecular formula is C7H7ClN2O4S. The Kier molecular flexibility index (Phi) is 3.28.